The molecule has 0 heterocycles. The molecule has 3 aromatic carbocycles. The van der Waals surface area contributed by atoms with E-state index in [0.717, 1.165) is 22.5 Å². The third-order valence-corrected chi connectivity index (χ3v) is 4.20. The predicted octanol–water partition coefficient (Wildman–Crippen LogP) is 5.28. The van der Waals surface area contributed by atoms with Crippen LogP contribution in [0.25, 0.3) is 0 Å². The van der Waals surface area contributed by atoms with Crippen LogP contribution in [0.1, 0.15) is 11.1 Å². The van der Waals surface area contributed by atoms with Gasteiger partial charge in [0.25, 0.3) is 5.91 Å². The van der Waals surface area contributed by atoms with Crippen LogP contribution < -0.4 is 15.4 Å². The molecule has 0 radical (unpaired) electrons. The molecule has 27 heavy (non-hydrogen) atoms. The lowest BCUT2D eigenvalue weighted by atomic mass is 10.2. The molecule has 0 aliphatic rings. The van der Waals surface area contributed by atoms with Gasteiger partial charge in [-0.05, 0) is 61.0 Å². The average Bonchev–Trinajstić information content (AvgIpc) is 2.68. The van der Waals surface area contributed by atoms with Crippen LogP contribution in [0, 0.1) is 6.92 Å². The normalized spacial score (nSPS) is 10.3. The number of carbonyl (C=O) groups is 1. The molecule has 0 spiro atoms. The lowest BCUT2D eigenvalue weighted by Gasteiger charge is -2.10. The Morgan fingerprint density at radius 3 is 2.41 bits per heavy atom. The van der Waals surface area contributed by atoms with E-state index in [9.17, 15) is 4.79 Å². The maximum absolute atomic E-state index is 12.0. The smallest absolute Gasteiger partial charge is 0.262 e. The van der Waals surface area contributed by atoms with Crippen LogP contribution in [0.15, 0.2) is 72.8 Å². The van der Waals surface area contributed by atoms with Crippen molar-refractivity contribution >= 4 is 28.9 Å². The Morgan fingerprint density at radius 2 is 1.67 bits per heavy atom. The highest BCUT2D eigenvalue weighted by Gasteiger charge is 2.04. The van der Waals surface area contributed by atoms with Crippen molar-refractivity contribution in [2.75, 3.05) is 17.2 Å². The number of carbonyl (C=O) groups excluding carboxylic acids is 1. The second kappa shape index (κ2) is 9.10. The quantitative estimate of drug-likeness (QED) is 0.586. The van der Waals surface area contributed by atoms with E-state index in [4.69, 9.17) is 16.3 Å². The average molecular weight is 381 g/mol. The number of anilines is 2. The molecule has 5 heteroatoms. The highest BCUT2D eigenvalue weighted by atomic mass is 35.5. The Hall–Kier alpha value is -2.98. The summed E-state index contributed by atoms with van der Waals surface area (Å²) in [7, 11) is 0. The van der Waals surface area contributed by atoms with E-state index in [0.29, 0.717) is 17.3 Å². The summed E-state index contributed by atoms with van der Waals surface area (Å²) in [6.07, 6.45) is 0. The van der Waals surface area contributed by atoms with Crippen LogP contribution in [-0.4, -0.2) is 12.5 Å². The zero-order chi connectivity index (χ0) is 19.1. The van der Waals surface area contributed by atoms with Gasteiger partial charge in [0.1, 0.15) is 5.75 Å². The van der Waals surface area contributed by atoms with Gasteiger partial charge in [0.2, 0.25) is 0 Å². The Morgan fingerprint density at radius 1 is 0.963 bits per heavy atom. The minimum atomic E-state index is -0.191. The van der Waals surface area contributed by atoms with Crippen molar-refractivity contribution in [3.05, 3.63) is 88.9 Å². The fraction of sp³-hybridized carbons (Fsp3) is 0.136. The lowest BCUT2D eigenvalue weighted by molar-refractivity contribution is -0.118. The standard InChI is InChI=1S/C22H21ClN2O2/c1-16-5-9-20(10-6-16)25-22(26)15-27-21-4-2-3-17(13-21)14-24-19-11-7-18(23)8-12-19/h2-13,24H,14-15H2,1H3,(H,25,26). The molecule has 0 aromatic heterocycles. The predicted molar refractivity (Wildman–Crippen MR) is 111 cm³/mol. The second-order valence-electron chi connectivity index (χ2n) is 6.21. The van der Waals surface area contributed by atoms with Gasteiger partial charge in [0.05, 0.1) is 0 Å². The number of aryl methyl sites for hydroxylation is 1. The monoisotopic (exact) mass is 380 g/mol. The van der Waals surface area contributed by atoms with Crippen molar-refractivity contribution in [1.29, 1.82) is 0 Å². The SMILES string of the molecule is Cc1ccc(NC(=O)COc2cccc(CNc3ccc(Cl)cc3)c2)cc1. The van der Waals surface area contributed by atoms with E-state index in [-0.39, 0.29) is 12.5 Å². The first-order valence-corrected chi connectivity index (χ1v) is 9.04. The number of hydrogen-bond acceptors (Lipinski definition) is 3. The van der Waals surface area contributed by atoms with Gasteiger partial charge in [-0.15, -0.1) is 0 Å². The first kappa shape index (κ1) is 18.8. The van der Waals surface area contributed by atoms with Crippen molar-refractivity contribution in [1.82, 2.24) is 0 Å². The summed E-state index contributed by atoms with van der Waals surface area (Å²) >= 11 is 5.89. The molecule has 0 aliphatic heterocycles. The minimum absolute atomic E-state index is 0.0397. The van der Waals surface area contributed by atoms with Gasteiger partial charge in [0, 0.05) is 22.9 Å². The van der Waals surface area contributed by atoms with Gasteiger partial charge in [-0.3, -0.25) is 4.79 Å². The van der Waals surface area contributed by atoms with E-state index in [2.05, 4.69) is 10.6 Å². The molecule has 0 unspecified atom stereocenters. The van der Waals surface area contributed by atoms with Crippen molar-refractivity contribution in [2.24, 2.45) is 0 Å². The maximum atomic E-state index is 12.0. The molecule has 138 valence electrons. The second-order valence-corrected chi connectivity index (χ2v) is 6.65. The third kappa shape index (κ3) is 6.04. The van der Waals surface area contributed by atoms with Crippen LogP contribution in [-0.2, 0) is 11.3 Å². The van der Waals surface area contributed by atoms with Crippen LogP contribution in [0.5, 0.6) is 5.75 Å². The first-order chi connectivity index (χ1) is 13.1. The zero-order valence-electron chi connectivity index (χ0n) is 15.0. The van der Waals surface area contributed by atoms with Gasteiger partial charge < -0.3 is 15.4 Å². The third-order valence-electron chi connectivity index (χ3n) is 3.94. The van der Waals surface area contributed by atoms with Gasteiger partial charge in [-0.2, -0.15) is 0 Å². The van der Waals surface area contributed by atoms with E-state index in [1.807, 2.05) is 79.7 Å². The lowest BCUT2D eigenvalue weighted by Crippen LogP contribution is -2.20. The molecule has 0 atom stereocenters. The van der Waals surface area contributed by atoms with Crippen LogP contribution in [0.4, 0.5) is 11.4 Å². The Labute approximate surface area is 164 Å². The van der Waals surface area contributed by atoms with Gasteiger partial charge in [0.15, 0.2) is 6.61 Å². The number of nitrogens with one attached hydrogen (secondary N) is 2. The Balaban J connectivity index is 1.50. The Kier molecular flexibility index (Phi) is 6.34. The van der Waals surface area contributed by atoms with Crippen LogP contribution in [0.2, 0.25) is 5.02 Å². The summed E-state index contributed by atoms with van der Waals surface area (Å²) in [5, 5.41) is 6.85. The molecular weight excluding hydrogens is 360 g/mol. The number of ether oxygens (including phenoxy) is 1. The summed E-state index contributed by atoms with van der Waals surface area (Å²) in [5.41, 5.74) is 3.95. The van der Waals surface area contributed by atoms with Gasteiger partial charge in [-0.1, -0.05) is 41.4 Å². The van der Waals surface area contributed by atoms with Crippen molar-refractivity contribution in [3.63, 3.8) is 0 Å². The number of rotatable bonds is 7. The van der Waals surface area contributed by atoms with Crippen molar-refractivity contribution < 1.29 is 9.53 Å². The molecule has 1 amide bonds. The van der Waals surface area contributed by atoms with Gasteiger partial charge in [-0.25, -0.2) is 0 Å². The van der Waals surface area contributed by atoms with Gasteiger partial charge >= 0.3 is 0 Å². The molecule has 0 saturated heterocycles. The summed E-state index contributed by atoms with van der Waals surface area (Å²) < 4.78 is 5.61. The van der Waals surface area contributed by atoms with E-state index < -0.39 is 0 Å². The number of benzene rings is 3. The molecule has 3 aromatic rings. The first-order valence-electron chi connectivity index (χ1n) is 8.66. The number of amides is 1. The molecule has 3 rings (SSSR count). The molecule has 0 saturated carbocycles. The highest BCUT2D eigenvalue weighted by molar-refractivity contribution is 6.30. The zero-order valence-corrected chi connectivity index (χ0v) is 15.8. The number of halogens is 1. The van der Waals surface area contributed by atoms with E-state index in [1.165, 1.54) is 0 Å². The van der Waals surface area contributed by atoms with Crippen molar-refractivity contribution in [2.45, 2.75) is 13.5 Å². The molecule has 2 N–H and O–H groups in total. The van der Waals surface area contributed by atoms with E-state index in [1.54, 1.807) is 0 Å². The molecule has 0 bridgehead atoms. The van der Waals surface area contributed by atoms with Crippen molar-refractivity contribution in [3.8, 4) is 5.75 Å². The molecule has 0 fully saturated rings. The fourth-order valence-electron chi connectivity index (χ4n) is 2.50. The maximum Gasteiger partial charge on any atom is 0.262 e. The van der Waals surface area contributed by atoms with Crippen LogP contribution in [0.3, 0.4) is 0 Å². The highest BCUT2D eigenvalue weighted by Crippen LogP contribution is 2.17. The largest absolute Gasteiger partial charge is 0.484 e. The summed E-state index contributed by atoms with van der Waals surface area (Å²) in [5.74, 6) is 0.466. The summed E-state index contributed by atoms with van der Waals surface area (Å²) in [6.45, 7) is 2.61. The van der Waals surface area contributed by atoms with Crippen LogP contribution >= 0.6 is 11.6 Å². The summed E-state index contributed by atoms with van der Waals surface area (Å²) in [4.78, 5) is 12.0. The molecular formula is C22H21ClN2O2. The topological polar surface area (TPSA) is 50.4 Å². The molecule has 0 aliphatic carbocycles. The fourth-order valence-corrected chi connectivity index (χ4v) is 2.63. The summed E-state index contributed by atoms with van der Waals surface area (Å²) in [6, 6.07) is 22.9. The minimum Gasteiger partial charge on any atom is -0.484 e. The molecule has 4 nitrogen and oxygen atoms in total. The Bertz CT molecular complexity index is 893. The van der Waals surface area contributed by atoms with E-state index >= 15 is 0 Å². The number of hydrogen-bond donors (Lipinski definition) is 2.